The molecule has 5 aromatic rings. The number of alkyl halides is 3. The van der Waals surface area contributed by atoms with Crippen molar-refractivity contribution < 1.29 is 32.2 Å². The Morgan fingerprint density at radius 3 is 2.27 bits per heavy atom. The average molecular weight is 650 g/mol. The van der Waals surface area contributed by atoms with E-state index in [9.17, 15) is 22.8 Å². The number of para-hydroxylation sites is 1. The van der Waals surface area contributed by atoms with Crippen molar-refractivity contribution >= 4 is 34.6 Å². The van der Waals surface area contributed by atoms with Gasteiger partial charge < -0.3 is 25.0 Å². The average Bonchev–Trinajstić information content (AvgIpc) is 3.38. The summed E-state index contributed by atoms with van der Waals surface area (Å²) in [4.78, 5) is 29.0. The summed E-state index contributed by atoms with van der Waals surface area (Å²) >= 11 is 0. The Balaban J connectivity index is 1.36. The molecule has 7 nitrogen and oxygen atoms in total. The summed E-state index contributed by atoms with van der Waals surface area (Å²) in [7, 11) is 0. The van der Waals surface area contributed by atoms with Crippen LogP contribution in [0.5, 0.6) is 11.5 Å². The van der Waals surface area contributed by atoms with Crippen molar-refractivity contribution in [3.8, 4) is 11.5 Å². The largest absolute Gasteiger partial charge is 0.456 e. The fourth-order valence-corrected chi connectivity index (χ4v) is 6.53. The lowest BCUT2D eigenvalue weighted by Gasteiger charge is -2.37. The van der Waals surface area contributed by atoms with E-state index in [0.717, 1.165) is 24.8 Å². The molecule has 0 saturated carbocycles. The molecule has 1 spiro atoms. The second kappa shape index (κ2) is 11.8. The van der Waals surface area contributed by atoms with E-state index in [4.69, 9.17) is 9.47 Å². The van der Waals surface area contributed by atoms with Crippen LogP contribution in [-0.4, -0.2) is 25.0 Å². The van der Waals surface area contributed by atoms with Crippen LogP contribution in [0, 0.1) is 0 Å². The molecule has 0 radical (unpaired) electrons. The van der Waals surface area contributed by atoms with Gasteiger partial charge in [0, 0.05) is 52.9 Å². The molecule has 1 atom stereocenters. The van der Waals surface area contributed by atoms with Crippen LogP contribution in [-0.2, 0) is 16.5 Å². The first kappa shape index (κ1) is 30.9. The zero-order valence-electron chi connectivity index (χ0n) is 26.0. The SMILES string of the molecule is CCN(CC)c1ccc2c(c1)Oc1ccc(Nc3cccc(C(F)(F)F)c3C(=O)Nc3ccccc3)cc1C21OC(=O)c2ccccc21. The number of anilines is 4. The second-order valence-corrected chi connectivity index (χ2v) is 11.5. The van der Waals surface area contributed by atoms with E-state index in [0.29, 0.717) is 45.1 Å². The molecule has 2 aliphatic rings. The number of fused-ring (bicyclic) bond motifs is 6. The summed E-state index contributed by atoms with van der Waals surface area (Å²) in [5, 5.41) is 5.62. The number of hydrogen-bond acceptors (Lipinski definition) is 6. The zero-order valence-corrected chi connectivity index (χ0v) is 26.0. The van der Waals surface area contributed by atoms with Crippen LogP contribution in [0.1, 0.15) is 56.8 Å². The second-order valence-electron chi connectivity index (χ2n) is 11.5. The molecular weight excluding hydrogens is 619 g/mol. The highest BCUT2D eigenvalue weighted by Gasteiger charge is 2.53. The molecule has 1 unspecified atom stereocenters. The van der Waals surface area contributed by atoms with E-state index in [2.05, 4.69) is 29.4 Å². The molecule has 2 N–H and O–H groups in total. The zero-order chi connectivity index (χ0) is 33.6. The summed E-state index contributed by atoms with van der Waals surface area (Å²) in [6, 6.07) is 29.7. The summed E-state index contributed by atoms with van der Waals surface area (Å²) < 4.78 is 55.5. The minimum Gasteiger partial charge on any atom is -0.456 e. The van der Waals surface area contributed by atoms with E-state index in [1.807, 2.05) is 30.3 Å². The van der Waals surface area contributed by atoms with Gasteiger partial charge in [-0.3, -0.25) is 4.79 Å². The number of hydrogen-bond donors (Lipinski definition) is 2. The number of halogens is 3. The maximum atomic E-state index is 14.3. The molecule has 0 fully saturated rings. The summed E-state index contributed by atoms with van der Waals surface area (Å²) in [6.07, 6.45) is -4.80. The Morgan fingerprint density at radius 1 is 0.771 bits per heavy atom. The topological polar surface area (TPSA) is 79.9 Å². The molecule has 1 amide bonds. The lowest BCUT2D eigenvalue weighted by atomic mass is 9.77. The van der Waals surface area contributed by atoms with Crippen LogP contribution < -0.4 is 20.3 Å². The van der Waals surface area contributed by atoms with Gasteiger partial charge in [0.2, 0.25) is 0 Å². The van der Waals surface area contributed by atoms with Gasteiger partial charge >= 0.3 is 12.1 Å². The Labute approximate surface area is 274 Å². The number of benzene rings is 5. The minimum absolute atomic E-state index is 0.0583. The predicted octanol–water partition coefficient (Wildman–Crippen LogP) is 9.12. The van der Waals surface area contributed by atoms with Crippen LogP contribution in [0.2, 0.25) is 0 Å². The Morgan fingerprint density at radius 2 is 1.52 bits per heavy atom. The highest BCUT2D eigenvalue weighted by Crippen LogP contribution is 2.57. The van der Waals surface area contributed by atoms with Gasteiger partial charge in [-0.15, -0.1) is 0 Å². The molecule has 7 rings (SSSR count). The Bertz CT molecular complexity index is 2060. The summed E-state index contributed by atoms with van der Waals surface area (Å²) in [5.41, 5.74) is 0.666. The van der Waals surface area contributed by atoms with Crippen molar-refractivity contribution in [3.05, 3.63) is 143 Å². The van der Waals surface area contributed by atoms with Crippen molar-refractivity contribution in [1.82, 2.24) is 0 Å². The highest BCUT2D eigenvalue weighted by atomic mass is 19.4. The number of carbonyl (C=O) groups excluding carboxylic acids is 2. The predicted molar refractivity (Wildman–Crippen MR) is 177 cm³/mol. The van der Waals surface area contributed by atoms with Crippen LogP contribution in [0.25, 0.3) is 0 Å². The quantitative estimate of drug-likeness (QED) is 0.171. The molecule has 0 saturated heterocycles. The number of carbonyl (C=O) groups is 2. The molecule has 10 heteroatoms. The van der Waals surface area contributed by atoms with Crippen molar-refractivity contribution in [3.63, 3.8) is 0 Å². The number of ether oxygens (including phenoxy) is 2. The first-order valence-electron chi connectivity index (χ1n) is 15.5. The van der Waals surface area contributed by atoms with Gasteiger partial charge in [-0.2, -0.15) is 13.2 Å². The molecule has 0 bridgehead atoms. The van der Waals surface area contributed by atoms with E-state index in [1.54, 1.807) is 60.7 Å². The van der Waals surface area contributed by atoms with E-state index in [-0.39, 0.29) is 5.69 Å². The van der Waals surface area contributed by atoms with Crippen molar-refractivity contribution in [2.45, 2.75) is 25.6 Å². The first-order valence-corrected chi connectivity index (χ1v) is 15.5. The number of nitrogens with zero attached hydrogens (tertiary/aromatic N) is 1. The first-order chi connectivity index (χ1) is 23.1. The van der Waals surface area contributed by atoms with Crippen molar-refractivity contribution in [1.29, 1.82) is 0 Å². The highest BCUT2D eigenvalue weighted by molar-refractivity contribution is 6.09. The monoisotopic (exact) mass is 649 g/mol. The molecule has 0 aromatic heterocycles. The van der Waals surface area contributed by atoms with E-state index in [1.165, 1.54) is 12.1 Å². The maximum Gasteiger partial charge on any atom is 0.417 e. The molecule has 48 heavy (non-hydrogen) atoms. The lowest BCUT2D eigenvalue weighted by molar-refractivity contribution is -0.137. The van der Waals surface area contributed by atoms with Gasteiger partial charge in [0.15, 0.2) is 5.60 Å². The van der Waals surface area contributed by atoms with E-state index >= 15 is 0 Å². The molecule has 2 aliphatic heterocycles. The van der Waals surface area contributed by atoms with Gasteiger partial charge in [-0.1, -0.05) is 42.5 Å². The fraction of sp³-hybridized carbons (Fsp3) is 0.158. The van der Waals surface area contributed by atoms with Crippen LogP contribution >= 0.6 is 0 Å². The standard InChI is InChI=1S/C38H30F3N3O4/c1-3-44(4-2)25-18-19-28-33(22-25)47-32-20-17-24(21-30(32)37(28)27-14-9-8-13-26(27)36(46)48-37)42-31-16-10-15-29(38(39,40)41)34(31)35(45)43-23-11-6-5-7-12-23/h5-22,42H,3-4H2,1-2H3,(H,43,45). The van der Waals surface area contributed by atoms with Gasteiger partial charge in [-0.05, 0) is 74.5 Å². The Kier molecular flexibility index (Phi) is 7.58. The molecule has 0 aliphatic carbocycles. The normalized spacial score (nSPS) is 15.9. The van der Waals surface area contributed by atoms with Gasteiger partial charge in [0.1, 0.15) is 11.5 Å². The third kappa shape index (κ3) is 5.10. The molecule has 242 valence electrons. The number of rotatable bonds is 7. The summed E-state index contributed by atoms with van der Waals surface area (Å²) in [5.74, 6) is -0.491. The fourth-order valence-electron chi connectivity index (χ4n) is 6.53. The molecule has 2 heterocycles. The molecular formula is C38H30F3N3O4. The van der Waals surface area contributed by atoms with Gasteiger partial charge in [0.25, 0.3) is 5.91 Å². The number of nitrogens with one attached hydrogen (secondary N) is 2. The van der Waals surface area contributed by atoms with Crippen molar-refractivity contribution in [2.24, 2.45) is 0 Å². The smallest absolute Gasteiger partial charge is 0.417 e. The van der Waals surface area contributed by atoms with Crippen LogP contribution in [0.15, 0.2) is 109 Å². The van der Waals surface area contributed by atoms with Crippen molar-refractivity contribution in [2.75, 3.05) is 28.6 Å². The van der Waals surface area contributed by atoms with Crippen LogP contribution in [0.3, 0.4) is 0 Å². The third-order valence-corrected chi connectivity index (χ3v) is 8.73. The Hall–Kier alpha value is -5.77. The van der Waals surface area contributed by atoms with Gasteiger partial charge in [-0.25, -0.2) is 4.79 Å². The maximum absolute atomic E-state index is 14.3. The minimum atomic E-state index is -4.80. The van der Waals surface area contributed by atoms with Gasteiger partial charge in [0.05, 0.1) is 22.4 Å². The van der Waals surface area contributed by atoms with Crippen LogP contribution in [0.4, 0.5) is 35.9 Å². The number of amides is 1. The third-order valence-electron chi connectivity index (χ3n) is 8.73. The number of esters is 1. The molecule has 5 aromatic carbocycles. The van der Waals surface area contributed by atoms with E-state index < -0.39 is 34.8 Å². The summed E-state index contributed by atoms with van der Waals surface area (Å²) in [6.45, 7) is 5.69. The lowest BCUT2D eigenvalue weighted by Crippen LogP contribution is -2.33.